The van der Waals surface area contributed by atoms with Gasteiger partial charge in [-0.1, -0.05) is 0 Å². The highest BCUT2D eigenvalue weighted by molar-refractivity contribution is 7.19. The van der Waals surface area contributed by atoms with Crippen LogP contribution in [0, 0.1) is 20.2 Å². The van der Waals surface area contributed by atoms with Crippen LogP contribution >= 0.6 is 11.3 Å². The minimum atomic E-state index is -0.884. The molecule has 0 amide bonds. The van der Waals surface area contributed by atoms with Crippen molar-refractivity contribution in [3.63, 3.8) is 0 Å². The van der Waals surface area contributed by atoms with Gasteiger partial charge in [0.1, 0.15) is 6.07 Å². The number of benzene rings is 1. The maximum Gasteiger partial charge on any atom is 0.333 e. The van der Waals surface area contributed by atoms with Gasteiger partial charge in [-0.15, -0.1) is 10.2 Å². The molecule has 0 unspecified atom stereocenters. The van der Waals surface area contributed by atoms with Crippen LogP contribution in [-0.4, -0.2) is 34.0 Å². The first kappa shape index (κ1) is 19.9. The molecule has 12 heteroatoms. The molecule has 0 aliphatic heterocycles. The Balaban J connectivity index is 2.17. The van der Waals surface area contributed by atoms with Crippen molar-refractivity contribution < 1.29 is 19.7 Å². The van der Waals surface area contributed by atoms with E-state index in [1.54, 1.807) is 24.3 Å². The number of thiophene rings is 1. The highest BCUT2D eigenvalue weighted by atomic mass is 32.1. The van der Waals surface area contributed by atoms with Crippen molar-refractivity contribution in [2.24, 2.45) is 10.2 Å². The first-order valence-electron chi connectivity index (χ1n) is 7.73. The Morgan fingerprint density at radius 1 is 1.19 bits per heavy atom. The van der Waals surface area contributed by atoms with Crippen LogP contribution < -0.4 is 4.90 Å². The van der Waals surface area contributed by atoms with Gasteiger partial charge < -0.3 is 10.0 Å². The molecule has 142 valence electrons. The van der Waals surface area contributed by atoms with E-state index in [1.807, 2.05) is 11.8 Å². The summed E-state index contributed by atoms with van der Waals surface area (Å²) in [6.07, 6.45) is 0.0100. The van der Waals surface area contributed by atoms with E-state index in [9.17, 15) is 25.0 Å². The van der Waals surface area contributed by atoms with Gasteiger partial charge in [0.25, 0.3) is 0 Å². The monoisotopic (exact) mass is 393 g/mol. The van der Waals surface area contributed by atoms with Gasteiger partial charge >= 0.3 is 16.7 Å². The summed E-state index contributed by atoms with van der Waals surface area (Å²) in [5.41, 5.74) is 0.728. The number of rotatable bonds is 9. The maximum absolute atomic E-state index is 11.0. The number of azo groups is 1. The van der Waals surface area contributed by atoms with Gasteiger partial charge in [0, 0.05) is 18.8 Å². The normalized spacial score (nSPS) is 10.9. The second kappa shape index (κ2) is 8.80. The summed E-state index contributed by atoms with van der Waals surface area (Å²) >= 11 is 0.571. The molecular weight excluding hydrogens is 378 g/mol. The molecule has 1 N–H and O–H groups in total. The Labute approximate surface area is 156 Å². The van der Waals surface area contributed by atoms with Crippen LogP contribution in [0.4, 0.5) is 27.1 Å². The van der Waals surface area contributed by atoms with E-state index in [2.05, 4.69) is 10.2 Å². The molecule has 27 heavy (non-hydrogen) atoms. The maximum atomic E-state index is 11.0. The topological polar surface area (TPSA) is 152 Å². The Bertz CT molecular complexity index is 879. The van der Waals surface area contributed by atoms with Crippen molar-refractivity contribution in [1.29, 1.82) is 0 Å². The van der Waals surface area contributed by atoms with Crippen LogP contribution in [-0.2, 0) is 4.79 Å². The molecule has 11 nitrogen and oxygen atoms in total. The lowest BCUT2D eigenvalue weighted by Crippen LogP contribution is -2.25. The summed E-state index contributed by atoms with van der Waals surface area (Å²) in [5.74, 6) is -0.884. The van der Waals surface area contributed by atoms with E-state index in [4.69, 9.17) is 5.11 Å². The zero-order valence-electron chi connectivity index (χ0n) is 14.1. The lowest BCUT2D eigenvalue weighted by atomic mass is 10.2. The number of carbonyl (C=O) groups is 1. The first-order valence-corrected chi connectivity index (χ1v) is 8.54. The highest BCUT2D eigenvalue weighted by Crippen LogP contribution is 2.41. The Kier molecular flexibility index (Phi) is 6.49. The van der Waals surface area contributed by atoms with Crippen molar-refractivity contribution in [1.82, 2.24) is 0 Å². The largest absolute Gasteiger partial charge is 0.481 e. The molecule has 1 aromatic carbocycles. The first-order chi connectivity index (χ1) is 12.8. The smallest absolute Gasteiger partial charge is 0.333 e. The minimum Gasteiger partial charge on any atom is -0.481 e. The number of anilines is 1. The van der Waals surface area contributed by atoms with E-state index in [-0.39, 0.29) is 16.4 Å². The second-order valence-corrected chi connectivity index (χ2v) is 6.24. The molecule has 0 bridgehead atoms. The number of carboxylic acid groups (broad SMARTS) is 1. The highest BCUT2D eigenvalue weighted by Gasteiger charge is 2.25. The summed E-state index contributed by atoms with van der Waals surface area (Å²) in [6.45, 7) is 2.88. The van der Waals surface area contributed by atoms with Crippen molar-refractivity contribution in [3.05, 3.63) is 50.6 Å². The van der Waals surface area contributed by atoms with Crippen molar-refractivity contribution in [2.45, 2.75) is 13.3 Å². The van der Waals surface area contributed by atoms with Crippen LogP contribution in [0.3, 0.4) is 0 Å². The van der Waals surface area contributed by atoms with Crippen molar-refractivity contribution in [3.8, 4) is 0 Å². The zero-order valence-corrected chi connectivity index (χ0v) is 15.0. The Morgan fingerprint density at radius 3 is 2.37 bits per heavy atom. The molecule has 0 spiro atoms. The molecule has 1 heterocycles. The lowest BCUT2D eigenvalue weighted by molar-refractivity contribution is -0.389. The average molecular weight is 393 g/mol. The number of hydrogen-bond acceptors (Lipinski definition) is 9. The number of hydrogen-bond donors (Lipinski definition) is 1. The van der Waals surface area contributed by atoms with E-state index in [0.29, 0.717) is 30.1 Å². The van der Waals surface area contributed by atoms with Gasteiger partial charge in [-0.3, -0.25) is 25.0 Å². The Hall–Kier alpha value is -3.41. The summed E-state index contributed by atoms with van der Waals surface area (Å²) in [7, 11) is 0. The molecule has 0 radical (unpaired) electrons. The summed E-state index contributed by atoms with van der Waals surface area (Å²) in [5, 5.41) is 37.6. The van der Waals surface area contributed by atoms with Gasteiger partial charge in [0.2, 0.25) is 5.00 Å². The third-order valence-electron chi connectivity index (χ3n) is 3.51. The summed E-state index contributed by atoms with van der Waals surface area (Å²) in [4.78, 5) is 32.9. The standard InChI is InChI=1S/C15H15N5O6S/c1-2-18(8-7-14(21)22)11-5-3-10(4-6-11)16-17-15-12(19(23)24)9-13(27-15)20(25)26/h3-6,9H,2,7-8H2,1H3,(H,21,22). The van der Waals surface area contributed by atoms with E-state index < -0.39 is 21.5 Å². The minimum absolute atomic E-state index is 0.0100. The van der Waals surface area contributed by atoms with Crippen LogP contribution in [0.15, 0.2) is 40.6 Å². The Morgan fingerprint density at radius 2 is 1.85 bits per heavy atom. The fourth-order valence-electron chi connectivity index (χ4n) is 2.19. The third-order valence-corrected chi connectivity index (χ3v) is 4.47. The molecular formula is C15H15N5O6S. The average Bonchev–Trinajstić information content (AvgIpc) is 3.06. The fourth-order valence-corrected chi connectivity index (χ4v) is 2.95. The molecule has 2 rings (SSSR count). The van der Waals surface area contributed by atoms with Gasteiger partial charge in [0.05, 0.1) is 22.0 Å². The molecule has 0 aliphatic carbocycles. The number of carboxylic acids is 1. The quantitative estimate of drug-likeness (QED) is 0.379. The van der Waals surface area contributed by atoms with Gasteiger partial charge in [0.15, 0.2) is 0 Å². The van der Waals surface area contributed by atoms with Gasteiger partial charge in [-0.2, -0.15) is 0 Å². The number of nitro groups is 2. The van der Waals surface area contributed by atoms with Crippen LogP contribution in [0.1, 0.15) is 13.3 Å². The van der Waals surface area contributed by atoms with Gasteiger partial charge in [-0.25, -0.2) is 0 Å². The summed E-state index contributed by atoms with van der Waals surface area (Å²) < 4.78 is 0. The van der Waals surface area contributed by atoms with E-state index >= 15 is 0 Å². The third kappa shape index (κ3) is 5.28. The number of nitrogens with zero attached hydrogens (tertiary/aromatic N) is 5. The SMILES string of the molecule is CCN(CCC(=O)O)c1ccc(N=Nc2sc([N+](=O)[O-])cc2[N+](=O)[O-])cc1. The second-order valence-electron chi connectivity index (χ2n) is 5.23. The molecule has 0 aliphatic rings. The molecule has 0 saturated carbocycles. The van der Waals surface area contributed by atoms with Crippen molar-refractivity contribution in [2.75, 3.05) is 18.0 Å². The number of aliphatic carboxylic acids is 1. The van der Waals surface area contributed by atoms with Crippen LogP contribution in [0.25, 0.3) is 0 Å². The van der Waals surface area contributed by atoms with Crippen LogP contribution in [0.5, 0.6) is 0 Å². The lowest BCUT2D eigenvalue weighted by Gasteiger charge is -2.22. The molecule has 0 fully saturated rings. The molecule has 2 aromatic rings. The van der Waals surface area contributed by atoms with Crippen molar-refractivity contribution >= 4 is 44.4 Å². The van der Waals surface area contributed by atoms with E-state index in [1.165, 1.54) is 0 Å². The summed E-state index contributed by atoms with van der Waals surface area (Å²) in [6, 6.07) is 7.55. The van der Waals surface area contributed by atoms with E-state index in [0.717, 1.165) is 11.8 Å². The predicted molar refractivity (Wildman–Crippen MR) is 98.4 cm³/mol. The molecule has 0 saturated heterocycles. The van der Waals surface area contributed by atoms with Gasteiger partial charge in [-0.05, 0) is 42.5 Å². The fraction of sp³-hybridized carbons (Fsp3) is 0.267. The predicted octanol–water partition coefficient (Wildman–Crippen LogP) is 4.28. The molecule has 0 atom stereocenters. The zero-order chi connectivity index (χ0) is 20.0. The van der Waals surface area contributed by atoms with Crippen LogP contribution in [0.2, 0.25) is 0 Å². The molecule has 1 aromatic heterocycles.